The van der Waals surface area contributed by atoms with Crippen LogP contribution in [0.5, 0.6) is 0 Å². The van der Waals surface area contributed by atoms with E-state index in [1.807, 2.05) is 17.9 Å². The SMILES string of the molecule is CCc1cc(CNCC2(O)CCCN(CCC3CCCCC3)C2=O)on1. The predicted octanol–water partition coefficient (Wildman–Crippen LogP) is 2.65. The molecule has 3 rings (SSSR count). The molecule has 2 fully saturated rings. The van der Waals surface area contributed by atoms with E-state index in [9.17, 15) is 9.90 Å². The number of rotatable bonds is 8. The number of hydrogen-bond donors (Lipinski definition) is 2. The number of carbonyl (C=O) groups excluding carboxylic acids is 1. The quantitative estimate of drug-likeness (QED) is 0.742. The second kappa shape index (κ2) is 9.00. The number of likely N-dealkylation sites (tertiary alicyclic amines) is 1. The fourth-order valence-corrected chi connectivity index (χ4v) is 4.25. The molecule has 0 spiro atoms. The van der Waals surface area contributed by atoms with Gasteiger partial charge in [-0.25, -0.2) is 0 Å². The maximum absolute atomic E-state index is 12.8. The molecule has 0 radical (unpaired) electrons. The van der Waals surface area contributed by atoms with Gasteiger partial charge < -0.3 is 19.8 Å². The molecule has 1 aliphatic carbocycles. The van der Waals surface area contributed by atoms with E-state index in [1.165, 1.54) is 32.1 Å². The van der Waals surface area contributed by atoms with Gasteiger partial charge in [0.25, 0.3) is 5.91 Å². The van der Waals surface area contributed by atoms with Crippen molar-refractivity contribution in [1.82, 2.24) is 15.4 Å². The van der Waals surface area contributed by atoms with Gasteiger partial charge in [0, 0.05) is 25.7 Å². The lowest BCUT2D eigenvalue weighted by Gasteiger charge is -2.39. The van der Waals surface area contributed by atoms with E-state index in [4.69, 9.17) is 4.52 Å². The zero-order chi connectivity index (χ0) is 18.4. The first-order valence-corrected chi connectivity index (χ1v) is 10.3. The van der Waals surface area contributed by atoms with Gasteiger partial charge in [0.05, 0.1) is 12.2 Å². The van der Waals surface area contributed by atoms with Crippen molar-refractivity contribution in [3.8, 4) is 0 Å². The first-order valence-electron chi connectivity index (χ1n) is 10.3. The molecule has 2 N–H and O–H groups in total. The average molecular weight is 364 g/mol. The van der Waals surface area contributed by atoms with Crippen LogP contribution in [0, 0.1) is 5.92 Å². The smallest absolute Gasteiger partial charge is 0.255 e. The number of piperidine rings is 1. The molecular formula is C20H33N3O3. The number of nitrogens with zero attached hydrogens (tertiary/aromatic N) is 2. The Kier molecular flexibility index (Phi) is 6.70. The standard InChI is InChI=1S/C20H33N3O3/c1-2-17-13-18(26-22-17)14-21-15-20(25)10-6-11-23(19(20)24)12-9-16-7-4-3-5-8-16/h13,16,21,25H,2-12,14-15H2,1H3. The maximum atomic E-state index is 12.8. The van der Waals surface area contributed by atoms with Gasteiger partial charge in [-0.1, -0.05) is 44.2 Å². The molecule has 2 aliphatic rings. The third kappa shape index (κ3) is 4.86. The lowest BCUT2D eigenvalue weighted by Crippen LogP contribution is -2.58. The summed E-state index contributed by atoms with van der Waals surface area (Å²) in [7, 11) is 0. The van der Waals surface area contributed by atoms with Gasteiger partial charge in [-0.3, -0.25) is 4.79 Å². The van der Waals surface area contributed by atoms with Crippen LogP contribution in [0.2, 0.25) is 0 Å². The number of hydrogen-bond acceptors (Lipinski definition) is 5. The summed E-state index contributed by atoms with van der Waals surface area (Å²) in [6.07, 6.45) is 9.90. The Morgan fingerprint density at radius 3 is 2.88 bits per heavy atom. The topological polar surface area (TPSA) is 78.6 Å². The molecule has 2 heterocycles. The van der Waals surface area contributed by atoms with E-state index in [2.05, 4.69) is 10.5 Å². The van der Waals surface area contributed by atoms with Gasteiger partial charge in [-0.05, 0) is 31.6 Å². The second-order valence-electron chi connectivity index (χ2n) is 7.96. The highest BCUT2D eigenvalue weighted by atomic mass is 16.5. The van der Waals surface area contributed by atoms with E-state index in [0.29, 0.717) is 13.0 Å². The van der Waals surface area contributed by atoms with E-state index in [-0.39, 0.29) is 12.5 Å². The minimum atomic E-state index is -1.29. The van der Waals surface area contributed by atoms with E-state index in [0.717, 1.165) is 49.7 Å². The molecule has 1 unspecified atom stereocenters. The summed E-state index contributed by atoms with van der Waals surface area (Å²) in [5.41, 5.74) is -0.374. The highest BCUT2D eigenvalue weighted by Gasteiger charge is 2.41. The Balaban J connectivity index is 1.46. The van der Waals surface area contributed by atoms with Crippen molar-refractivity contribution in [2.45, 2.75) is 76.9 Å². The molecule has 1 aromatic rings. The van der Waals surface area contributed by atoms with Crippen LogP contribution in [0.4, 0.5) is 0 Å². The van der Waals surface area contributed by atoms with Crippen molar-refractivity contribution in [3.05, 3.63) is 17.5 Å². The molecule has 6 heteroatoms. The number of aromatic nitrogens is 1. The van der Waals surface area contributed by atoms with Gasteiger partial charge in [-0.15, -0.1) is 0 Å². The van der Waals surface area contributed by atoms with Crippen LogP contribution < -0.4 is 5.32 Å². The van der Waals surface area contributed by atoms with Crippen molar-refractivity contribution >= 4 is 5.91 Å². The number of aryl methyl sites for hydroxylation is 1. The molecule has 146 valence electrons. The van der Waals surface area contributed by atoms with Gasteiger partial charge in [0.1, 0.15) is 0 Å². The molecule has 1 saturated heterocycles. The van der Waals surface area contributed by atoms with Crippen molar-refractivity contribution in [1.29, 1.82) is 0 Å². The zero-order valence-electron chi connectivity index (χ0n) is 16.0. The Morgan fingerprint density at radius 2 is 2.15 bits per heavy atom. The summed E-state index contributed by atoms with van der Waals surface area (Å²) in [5, 5.41) is 18.0. The van der Waals surface area contributed by atoms with Crippen molar-refractivity contribution in [2.75, 3.05) is 19.6 Å². The number of nitrogens with one attached hydrogen (secondary N) is 1. The fraction of sp³-hybridized carbons (Fsp3) is 0.800. The fourth-order valence-electron chi connectivity index (χ4n) is 4.25. The van der Waals surface area contributed by atoms with Gasteiger partial charge in [0.2, 0.25) is 0 Å². The summed E-state index contributed by atoms with van der Waals surface area (Å²) in [5.74, 6) is 1.38. The number of aliphatic hydroxyl groups is 1. The van der Waals surface area contributed by atoms with Crippen LogP contribution in [-0.4, -0.2) is 46.3 Å². The van der Waals surface area contributed by atoms with Crippen LogP contribution >= 0.6 is 0 Å². The van der Waals surface area contributed by atoms with Crippen LogP contribution in [0.15, 0.2) is 10.6 Å². The molecule has 0 bridgehead atoms. The van der Waals surface area contributed by atoms with Crippen LogP contribution in [-0.2, 0) is 17.8 Å². The first-order chi connectivity index (χ1) is 12.6. The summed E-state index contributed by atoms with van der Waals surface area (Å²) in [6.45, 7) is 4.32. The van der Waals surface area contributed by atoms with Crippen LogP contribution in [0.3, 0.4) is 0 Å². The molecule has 1 aromatic heterocycles. The Labute approximate surface area is 156 Å². The summed E-state index contributed by atoms with van der Waals surface area (Å²) in [6, 6.07) is 1.91. The highest BCUT2D eigenvalue weighted by Crippen LogP contribution is 2.28. The lowest BCUT2D eigenvalue weighted by atomic mass is 9.86. The van der Waals surface area contributed by atoms with Crippen molar-refractivity contribution in [3.63, 3.8) is 0 Å². The normalized spacial score (nSPS) is 25.0. The van der Waals surface area contributed by atoms with Crippen molar-refractivity contribution < 1.29 is 14.4 Å². The molecular weight excluding hydrogens is 330 g/mol. The first kappa shape index (κ1) is 19.4. The van der Waals surface area contributed by atoms with Crippen molar-refractivity contribution in [2.24, 2.45) is 5.92 Å². The molecule has 6 nitrogen and oxygen atoms in total. The lowest BCUT2D eigenvalue weighted by molar-refractivity contribution is -0.156. The second-order valence-corrected chi connectivity index (χ2v) is 7.96. The third-order valence-electron chi connectivity index (χ3n) is 5.92. The van der Waals surface area contributed by atoms with Crippen LogP contribution in [0.25, 0.3) is 0 Å². The minimum Gasteiger partial charge on any atom is -0.379 e. The molecule has 26 heavy (non-hydrogen) atoms. The van der Waals surface area contributed by atoms with Crippen LogP contribution in [0.1, 0.15) is 69.7 Å². The van der Waals surface area contributed by atoms with E-state index < -0.39 is 5.60 Å². The third-order valence-corrected chi connectivity index (χ3v) is 5.92. The monoisotopic (exact) mass is 363 g/mol. The van der Waals surface area contributed by atoms with Gasteiger partial charge in [0.15, 0.2) is 11.4 Å². The molecule has 1 atom stereocenters. The molecule has 1 aliphatic heterocycles. The molecule has 1 amide bonds. The zero-order valence-corrected chi connectivity index (χ0v) is 16.0. The van der Waals surface area contributed by atoms with Gasteiger partial charge >= 0.3 is 0 Å². The average Bonchev–Trinajstić information content (AvgIpc) is 3.12. The van der Waals surface area contributed by atoms with Gasteiger partial charge in [-0.2, -0.15) is 0 Å². The summed E-state index contributed by atoms with van der Waals surface area (Å²) >= 11 is 0. The Hall–Kier alpha value is -1.40. The van der Waals surface area contributed by atoms with E-state index >= 15 is 0 Å². The summed E-state index contributed by atoms with van der Waals surface area (Å²) < 4.78 is 5.24. The highest BCUT2D eigenvalue weighted by molar-refractivity contribution is 5.86. The molecule has 1 saturated carbocycles. The maximum Gasteiger partial charge on any atom is 0.255 e. The number of carbonyl (C=O) groups is 1. The summed E-state index contributed by atoms with van der Waals surface area (Å²) in [4.78, 5) is 14.7. The van der Waals surface area contributed by atoms with E-state index in [1.54, 1.807) is 0 Å². The Morgan fingerprint density at radius 1 is 1.35 bits per heavy atom. The molecule has 0 aromatic carbocycles. The number of amides is 1. The Bertz CT molecular complexity index is 583. The minimum absolute atomic E-state index is 0.112. The largest absolute Gasteiger partial charge is 0.379 e. The predicted molar refractivity (Wildman–Crippen MR) is 99.5 cm³/mol.